The molecule has 1 heterocycles. The summed E-state index contributed by atoms with van der Waals surface area (Å²) in [6, 6.07) is 6.98. The smallest absolute Gasteiger partial charge is 0.287 e. The Morgan fingerprint density at radius 1 is 1.30 bits per heavy atom. The molecule has 0 saturated heterocycles. The molecular weight excluding hydrogens is 298 g/mol. The standard InChI is InChI=1S/C16H17N3O4/c1-10-5-4-6-14(12(10)3)23-9-15(20)18-16-11(2)7-13(8-17-16)19(21)22/h4-8H,9H2,1-3H3,(H,17,18,20). The molecule has 0 saturated carbocycles. The molecule has 1 aromatic carbocycles. The van der Waals surface area contributed by atoms with E-state index in [1.165, 1.54) is 6.07 Å². The van der Waals surface area contributed by atoms with E-state index in [2.05, 4.69) is 10.3 Å². The summed E-state index contributed by atoms with van der Waals surface area (Å²) in [5.41, 5.74) is 2.45. The van der Waals surface area contributed by atoms with Crippen LogP contribution in [0.15, 0.2) is 30.5 Å². The van der Waals surface area contributed by atoms with Gasteiger partial charge in [-0.05, 0) is 43.5 Å². The van der Waals surface area contributed by atoms with Gasteiger partial charge in [0, 0.05) is 6.07 Å². The van der Waals surface area contributed by atoms with E-state index in [-0.39, 0.29) is 24.0 Å². The van der Waals surface area contributed by atoms with Crippen LogP contribution in [-0.4, -0.2) is 22.4 Å². The van der Waals surface area contributed by atoms with Crippen LogP contribution >= 0.6 is 0 Å². The van der Waals surface area contributed by atoms with Crippen LogP contribution in [0.5, 0.6) is 5.75 Å². The molecule has 2 aromatic rings. The monoisotopic (exact) mass is 315 g/mol. The summed E-state index contributed by atoms with van der Waals surface area (Å²) < 4.78 is 5.51. The largest absolute Gasteiger partial charge is 0.483 e. The first-order chi connectivity index (χ1) is 10.9. The highest BCUT2D eigenvalue weighted by molar-refractivity contribution is 5.91. The molecule has 0 unspecified atom stereocenters. The van der Waals surface area contributed by atoms with Crippen molar-refractivity contribution in [1.29, 1.82) is 0 Å². The maximum absolute atomic E-state index is 11.9. The fraction of sp³-hybridized carbons (Fsp3) is 0.250. The number of hydrogen-bond acceptors (Lipinski definition) is 5. The number of benzene rings is 1. The molecule has 0 aliphatic rings. The highest BCUT2D eigenvalue weighted by Gasteiger charge is 2.12. The summed E-state index contributed by atoms with van der Waals surface area (Å²) in [7, 11) is 0. The van der Waals surface area contributed by atoms with Gasteiger partial charge in [0.2, 0.25) is 0 Å². The van der Waals surface area contributed by atoms with Gasteiger partial charge < -0.3 is 10.1 Å². The van der Waals surface area contributed by atoms with Gasteiger partial charge in [0.25, 0.3) is 11.6 Å². The van der Waals surface area contributed by atoms with Crippen LogP contribution in [0.3, 0.4) is 0 Å². The zero-order valence-electron chi connectivity index (χ0n) is 13.1. The Morgan fingerprint density at radius 2 is 2.04 bits per heavy atom. The molecule has 120 valence electrons. The van der Waals surface area contributed by atoms with Crippen LogP contribution in [0.1, 0.15) is 16.7 Å². The lowest BCUT2D eigenvalue weighted by molar-refractivity contribution is -0.385. The summed E-state index contributed by atoms with van der Waals surface area (Å²) in [5.74, 6) is 0.550. The fourth-order valence-electron chi connectivity index (χ4n) is 1.98. The van der Waals surface area contributed by atoms with E-state index >= 15 is 0 Å². The van der Waals surface area contributed by atoms with Crippen molar-refractivity contribution < 1.29 is 14.5 Å². The summed E-state index contributed by atoms with van der Waals surface area (Å²) in [6.45, 7) is 5.36. The van der Waals surface area contributed by atoms with E-state index in [4.69, 9.17) is 4.74 Å². The first-order valence-corrected chi connectivity index (χ1v) is 6.98. The second-order valence-electron chi connectivity index (χ2n) is 5.15. The molecule has 7 nitrogen and oxygen atoms in total. The Bertz CT molecular complexity index is 759. The zero-order chi connectivity index (χ0) is 17.0. The summed E-state index contributed by atoms with van der Waals surface area (Å²) in [4.78, 5) is 26.0. The van der Waals surface area contributed by atoms with Crippen LogP contribution in [0.2, 0.25) is 0 Å². The molecule has 0 radical (unpaired) electrons. The Morgan fingerprint density at radius 3 is 2.70 bits per heavy atom. The number of anilines is 1. The van der Waals surface area contributed by atoms with Crippen LogP contribution in [-0.2, 0) is 4.79 Å². The number of amides is 1. The number of nitrogens with one attached hydrogen (secondary N) is 1. The number of carbonyl (C=O) groups is 1. The molecule has 0 aliphatic heterocycles. The summed E-state index contributed by atoms with van der Waals surface area (Å²) in [6.07, 6.45) is 1.11. The van der Waals surface area contributed by atoms with Crippen molar-refractivity contribution in [3.63, 3.8) is 0 Å². The molecule has 0 aliphatic carbocycles. The maximum Gasteiger partial charge on any atom is 0.287 e. The minimum Gasteiger partial charge on any atom is -0.483 e. The van der Waals surface area contributed by atoms with Gasteiger partial charge in [-0.25, -0.2) is 4.98 Å². The fourth-order valence-corrected chi connectivity index (χ4v) is 1.98. The Balaban J connectivity index is 2.00. The van der Waals surface area contributed by atoms with E-state index in [1.807, 2.05) is 26.0 Å². The number of nitrogens with zero attached hydrogens (tertiary/aromatic N) is 2. The number of aryl methyl sites for hydroxylation is 2. The SMILES string of the molecule is Cc1cc([N+](=O)[O-])cnc1NC(=O)COc1cccc(C)c1C. The van der Waals surface area contributed by atoms with Crippen LogP contribution in [0.25, 0.3) is 0 Å². The molecule has 0 bridgehead atoms. The van der Waals surface area contributed by atoms with Crippen LogP contribution < -0.4 is 10.1 Å². The van der Waals surface area contributed by atoms with Gasteiger partial charge in [-0.2, -0.15) is 0 Å². The molecule has 0 atom stereocenters. The lowest BCUT2D eigenvalue weighted by atomic mass is 10.1. The van der Waals surface area contributed by atoms with Crippen molar-refractivity contribution in [2.45, 2.75) is 20.8 Å². The van der Waals surface area contributed by atoms with Crippen molar-refractivity contribution in [2.75, 3.05) is 11.9 Å². The first kappa shape index (κ1) is 16.4. The van der Waals surface area contributed by atoms with Crippen molar-refractivity contribution in [1.82, 2.24) is 4.98 Å². The minimum absolute atomic E-state index is 0.118. The highest BCUT2D eigenvalue weighted by Crippen LogP contribution is 2.21. The first-order valence-electron chi connectivity index (χ1n) is 6.98. The lowest BCUT2D eigenvalue weighted by Crippen LogP contribution is -2.21. The quantitative estimate of drug-likeness (QED) is 0.676. The number of carbonyl (C=O) groups excluding carboxylic acids is 1. The highest BCUT2D eigenvalue weighted by atomic mass is 16.6. The molecule has 1 aromatic heterocycles. The Labute approximate surface area is 133 Å². The topological polar surface area (TPSA) is 94.4 Å². The van der Waals surface area contributed by atoms with Gasteiger partial charge in [-0.1, -0.05) is 12.1 Å². The molecule has 0 fully saturated rings. The van der Waals surface area contributed by atoms with Crippen molar-refractivity contribution in [3.05, 3.63) is 57.3 Å². The number of pyridine rings is 1. The molecule has 1 N–H and O–H groups in total. The molecule has 7 heteroatoms. The predicted octanol–water partition coefficient (Wildman–Crippen LogP) is 2.93. The minimum atomic E-state index is -0.533. The van der Waals surface area contributed by atoms with E-state index in [9.17, 15) is 14.9 Å². The average Bonchev–Trinajstić information content (AvgIpc) is 2.50. The molecule has 0 spiro atoms. The van der Waals surface area contributed by atoms with Gasteiger partial charge in [0.05, 0.1) is 4.92 Å². The predicted molar refractivity (Wildman–Crippen MR) is 85.7 cm³/mol. The molecular formula is C16H17N3O4. The van der Waals surface area contributed by atoms with E-state index in [1.54, 1.807) is 13.0 Å². The molecule has 2 rings (SSSR count). The van der Waals surface area contributed by atoms with Gasteiger partial charge in [0.1, 0.15) is 17.8 Å². The maximum atomic E-state index is 11.9. The van der Waals surface area contributed by atoms with Crippen LogP contribution in [0.4, 0.5) is 11.5 Å². The van der Waals surface area contributed by atoms with E-state index < -0.39 is 4.92 Å². The van der Waals surface area contributed by atoms with Gasteiger partial charge >= 0.3 is 0 Å². The van der Waals surface area contributed by atoms with Gasteiger partial charge in [-0.3, -0.25) is 14.9 Å². The van der Waals surface area contributed by atoms with E-state index in [0.717, 1.165) is 17.3 Å². The van der Waals surface area contributed by atoms with Gasteiger partial charge in [-0.15, -0.1) is 0 Å². The molecule has 23 heavy (non-hydrogen) atoms. The van der Waals surface area contributed by atoms with Crippen LogP contribution in [0, 0.1) is 30.9 Å². The average molecular weight is 315 g/mol. The number of nitro groups is 1. The normalized spacial score (nSPS) is 10.2. The van der Waals surface area contributed by atoms with E-state index in [0.29, 0.717) is 11.3 Å². The Kier molecular flexibility index (Phi) is 4.90. The zero-order valence-corrected chi connectivity index (χ0v) is 13.1. The lowest BCUT2D eigenvalue weighted by Gasteiger charge is -2.11. The van der Waals surface area contributed by atoms with Gasteiger partial charge in [0.15, 0.2) is 6.61 Å². The number of rotatable bonds is 5. The third kappa shape index (κ3) is 4.03. The number of hydrogen-bond donors (Lipinski definition) is 1. The second kappa shape index (κ2) is 6.87. The number of ether oxygens (including phenoxy) is 1. The third-order valence-electron chi connectivity index (χ3n) is 3.45. The Hall–Kier alpha value is -2.96. The number of aromatic nitrogens is 1. The second-order valence-corrected chi connectivity index (χ2v) is 5.15. The molecule has 1 amide bonds. The van der Waals surface area contributed by atoms with Crippen molar-refractivity contribution in [3.8, 4) is 5.75 Å². The van der Waals surface area contributed by atoms with Crippen molar-refractivity contribution in [2.24, 2.45) is 0 Å². The van der Waals surface area contributed by atoms with Crippen molar-refractivity contribution >= 4 is 17.4 Å². The summed E-state index contributed by atoms with van der Waals surface area (Å²) >= 11 is 0. The third-order valence-corrected chi connectivity index (χ3v) is 3.45. The summed E-state index contributed by atoms with van der Waals surface area (Å²) in [5, 5.41) is 13.2.